The minimum atomic E-state index is 0.687. The van der Waals surface area contributed by atoms with Crippen LogP contribution in [0.15, 0.2) is 6.20 Å². The molecule has 1 unspecified atom stereocenters. The second kappa shape index (κ2) is 6.56. The molecule has 0 fully saturated rings. The third kappa shape index (κ3) is 4.42. The van der Waals surface area contributed by atoms with Crippen molar-refractivity contribution in [3.8, 4) is 0 Å². The van der Waals surface area contributed by atoms with Gasteiger partial charge in [0.1, 0.15) is 0 Å². The van der Waals surface area contributed by atoms with E-state index in [-0.39, 0.29) is 0 Å². The van der Waals surface area contributed by atoms with Gasteiger partial charge in [-0.1, -0.05) is 25.5 Å². The van der Waals surface area contributed by atoms with E-state index in [1.807, 2.05) is 13.2 Å². The number of rotatable bonds is 7. The topological polar surface area (TPSA) is 42.7 Å². The van der Waals surface area contributed by atoms with E-state index >= 15 is 0 Å². The molecule has 1 N–H and O–H groups in total. The Kier molecular flexibility index (Phi) is 5.32. The molecule has 0 bridgehead atoms. The number of hydrogen-bond acceptors (Lipinski definition) is 3. The summed E-state index contributed by atoms with van der Waals surface area (Å²) in [5, 5.41) is 11.5. The molecule has 4 nitrogen and oxygen atoms in total. The highest BCUT2D eigenvalue weighted by Gasteiger charge is 2.10. The van der Waals surface area contributed by atoms with Crippen LogP contribution in [0.3, 0.4) is 0 Å². The van der Waals surface area contributed by atoms with Crippen LogP contribution in [0.1, 0.15) is 32.4 Å². The first-order valence-corrected chi connectivity index (χ1v) is 5.82. The minimum Gasteiger partial charge on any atom is -0.317 e. The van der Waals surface area contributed by atoms with Gasteiger partial charge in [-0.2, -0.15) is 0 Å². The van der Waals surface area contributed by atoms with Gasteiger partial charge >= 0.3 is 0 Å². The van der Waals surface area contributed by atoms with Gasteiger partial charge in [-0.15, -0.1) is 5.10 Å². The summed E-state index contributed by atoms with van der Waals surface area (Å²) in [6.45, 7) is 6.50. The van der Waals surface area contributed by atoms with Gasteiger partial charge < -0.3 is 5.32 Å². The van der Waals surface area contributed by atoms with Crippen LogP contribution in [-0.2, 0) is 13.5 Å². The van der Waals surface area contributed by atoms with Crippen LogP contribution in [0.2, 0.25) is 0 Å². The molecule has 0 radical (unpaired) electrons. The first-order valence-electron chi connectivity index (χ1n) is 5.82. The van der Waals surface area contributed by atoms with Crippen molar-refractivity contribution in [3.63, 3.8) is 0 Å². The molecule has 1 aromatic heterocycles. The first kappa shape index (κ1) is 12.2. The van der Waals surface area contributed by atoms with Crippen molar-refractivity contribution in [3.05, 3.63) is 11.9 Å². The normalized spacial score (nSPS) is 13.0. The second-order valence-electron chi connectivity index (χ2n) is 4.05. The van der Waals surface area contributed by atoms with Crippen LogP contribution in [0.25, 0.3) is 0 Å². The van der Waals surface area contributed by atoms with Gasteiger partial charge in [0.25, 0.3) is 0 Å². The van der Waals surface area contributed by atoms with E-state index in [0.717, 1.165) is 25.2 Å². The monoisotopic (exact) mass is 210 g/mol. The second-order valence-corrected chi connectivity index (χ2v) is 4.05. The van der Waals surface area contributed by atoms with E-state index < -0.39 is 0 Å². The largest absolute Gasteiger partial charge is 0.317 e. The summed E-state index contributed by atoms with van der Waals surface area (Å²) >= 11 is 0. The van der Waals surface area contributed by atoms with Gasteiger partial charge in [0.05, 0.1) is 5.69 Å². The summed E-state index contributed by atoms with van der Waals surface area (Å²) in [7, 11) is 1.91. The van der Waals surface area contributed by atoms with Crippen molar-refractivity contribution in [2.75, 3.05) is 13.1 Å². The Morgan fingerprint density at radius 2 is 2.27 bits per heavy atom. The Balaban J connectivity index is 2.42. The number of nitrogens with zero attached hydrogens (tertiary/aromatic N) is 3. The lowest BCUT2D eigenvalue weighted by Crippen LogP contribution is -2.24. The summed E-state index contributed by atoms with van der Waals surface area (Å²) in [6.07, 6.45) is 5.53. The fourth-order valence-electron chi connectivity index (χ4n) is 1.82. The van der Waals surface area contributed by atoms with Crippen LogP contribution < -0.4 is 5.32 Å². The molecule has 1 atom stereocenters. The predicted octanol–water partition coefficient (Wildman–Crippen LogP) is 1.38. The van der Waals surface area contributed by atoms with Gasteiger partial charge in [0.2, 0.25) is 0 Å². The molecule has 0 aromatic carbocycles. The molecule has 0 aliphatic carbocycles. The van der Waals surface area contributed by atoms with E-state index in [2.05, 4.69) is 29.5 Å². The fraction of sp³-hybridized carbons (Fsp3) is 0.818. The molecule has 0 aliphatic heterocycles. The SMILES string of the molecule is CCCC(CNCC)Cc1cn(C)nn1. The lowest BCUT2D eigenvalue weighted by atomic mass is 9.98. The van der Waals surface area contributed by atoms with Crippen molar-refractivity contribution in [2.24, 2.45) is 13.0 Å². The minimum absolute atomic E-state index is 0.687. The Labute approximate surface area is 92.1 Å². The first-order chi connectivity index (χ1) is 7.26. The molecule has 0 saturated heterocycles. The van der Waals surface area contributed by atoms with Crippen LogP contribution in [0.4, 0.5) is 0 Å². The third-order valence-corrected chi connectivity index (χ3v) is 2.53. The van der Waals surface area contributed by atoms with E-state index in [4.69, 9.17) is 0 Å². The van der Waals surface area contributed by atoms with E-state index in [9.17, 15) is 0 Å². The van der Waals surface area contributed by atoms with Gasteiger partial charge in [-0.3, -0.25) is 4.68 Å². The maximum absolute atomic E-state index is 4.13. The maximum atomic E-state index is 4.13. The lowest BCUT2D eigenvalue weighted by Gasteiger charge is -2.14. The Bertz CT molecular complexity index is 269. The van der Waals surface area contributed by atoms with E-state index in [0.29, 0.717) is 5.92 Å². The molecule has 4 heteroatoms. The molecule has 15 heavy (non-hydrogen) atoms. The standard InChI is InChI=1S/C11H22N4/c1-4-6-10(8-12-5-2)7-11-9-15(3)14-13-11/h9-10,12H,4-8H2,1-3H3. The van der Waals surface area contributed by atoms with Crippen molar-refractivity contribution < 1.29 is 0 Å². The molecule has 0 aliphatic rings. The van der Waals surface area contributed by atoms with E-state index in [1.165, 1.54) is 12.8 Å². The summed E-state index contributed by atoms with van der Waals surface area (Å²) in [4.78, 5) is 0. The average molecular weight is 210 g/mol. The lowest BCUT2D eigenvalue weighted by molar-refractivity contribution is 0.440. The molecule has 1 heterocycles. The van der Waals surface area contributed by atoms with Gasteiger partial charge in [-0.05, 0) is 31.8 Å². The number of nitrogens with one attached hydrogen (secondary N) is 1. The highest BCUT2D eigenvalue weighted by Crippen LogP contribution is 2.11. The van der Waals surface area contributed by atoms with Crippen molar-refractivity contribution in [1.82, 2.24) is 20.3 Å². The zero-order chi connectivity index (χ0) is 11.1. The smallest absolute Gasteiger partial charge is 0.0830 e. The summed E-state index contributed by atoms with van der Waals surface area (Å²) in [5.41, 5.74) is 1.11. The zero-order valence-corrected chi connectivity index (χ0v) is 10.0. The quantitative estimate of drug-likeness (QED) is 0.739. The van der Waals surface area contributed by atoms with Crippen LogP contribution in [-0.4, -0.2) is 28.1 Å². The van der Waals surface area contributed by atoms with Crippen molar-refractivity contribution in [2.45, 2.75) is 33.1 Å². The summed E-state index contributed by atoms with van der Waals surface area (Å²) < 4.78 is 1.77. The molecule has 1 rings (SSSR count). The predicted molar refractivity (Wildman–Crippen MR) is 61.6 cm³/mol. The van der Waals surface area contributed by atoms with E-state index in [1.54, 1.807) is 4.68 Å². The Morgan fingerprint density at radius 3 is 2.80 bits per heavy atom. The summed E-state index contributed by atoms with van der Waals surface area (Å²) in [5.74, 6) is 0.687. The van der Waals surface area contributed by atoms with Crippen LogP contribution >= 0.6 is 0 Å². The molecule has 86 valence electrons. The molecular weight excluding hydrogens is 188 g/mol. The van der Waals surface area contributed by atoms with Crippen LogP contribution in [0, 0.1) is 5.92 Å². The average Bonchev–Trinajstić information content (AvgIpc) is 2.61. The van der Waals surface area contributed by atoms with Crippen molar-refractivity contribution in [1.29, 1.82) is 0 Å². The van der Waals surface area contributed by atoms with Gasteiger partial charge in [0.15, 0.2) is 0 Å². The van der Waals surface area contributed by atoms with Gasteiger partial charge in [-0.25, -0.2) is 0 Å². The van der Waals surface area contributed by atoms with Gasteiger partial charge in [0, 0.05) is 13.2 Å². The Morgan fingerprint density at radius 1 is 1.47 bits per heavy atom. The highest BCUT2D eigenvalue weighted by molar-refractivity contribution is 4.94. The number of aryl methyl sites for hydroxylation is 1. The van der Waals surface area contributed by atoms with Crippen molar-refractivity contribution >= 4 is 0 Å². The zero-order valence-electron chi connectivity index (χ0n) is 10.0. The fourth-order valence-corrected chi connectivity index (χ4v) is 1.82. The maximum Gasteiger partial charge on any atom is 0.0830 e. The molecule has 0 spiro atoms. The molecule has 0 amide bonds. The molecule has 0 saturated carbocycles. The molecule has 1 aromatic rings. The van der Waals surface area contributed by atoms with Crippen LogP contribution in [0.5, 0.6) is 0 Å². The Hall–Kier alpha value is -0.900. The summed E-state index contributed by atoms with van der Waals surface area (Å²) in [6, 6.07) is 0. The third-order valence-electron chi connectivity index (χ3n) is 2.53. The highest BCUT2D eigenvalue weighted by atomic mass is 15.4. The molecular formula is C11H22N4. The number of aromatic nitrogens is 3. The number of hydrogen-bond donors (Lipinski definition) is 1.